The lowest BCUT2D eigenvalue weighted by atomic mass is 10.0. The zero-order valence-corrected chi connectivity index (χ0v) is 10.4. The lowest BCUT2D eigenvalue weighted by molar-refractivity contribution is -0.146. The quantitative estimate of drug-likeness (QED) is 0.865. The zero-order valence-electron chi connectivity index (χ0n) is 10.4. The average molecular weight is 259 g/mol. The molecule has 1 aliphatic heterocycles. The molecule has 3 heterocycles. The van der Waals surface area contributed by atoms with Crippen LogP contribution in [0.1, 0.15) is 16.2 Å². The Kier molecular flexibility index (Phi) is 2.51. The van der Waals surface area contributed by atoms with Crippen molar-refractivity contribution in [1.82, 2.24) is 14.3 Å². The molecule has 6 heteroatoms. The highest BCUT2D eigenvalue weighted by atomic mass is 16.4. The van der Waals surface area contributed by atoms with Crippen molar-refractivity contribution in [2.24, 2.45) is 5.92 Å². The van der Waals surface area contributed by atoms with Gasteiger partial charge in [0.1, 0.15) is 11.3 Å². The lowest BCUT2D eigenvalue weighted by Gasteiger charge is -2.36. The van der Waals surface area contributed by atoms with E-state index in [2.05, 4.69) is 4.98 Å². The summed E-state index contributed by atoms with van der Waals surface area (Å²) in [6.45, 7) is 2.47. The third kappa shape index (κ3) is 1.85. The van der Waals surface area contributed by atoms with Crippen molar-refractivity contribution < 1.29 is 14.7 Å². The van der Waals surface area contributed by atoms with Gasteiger partial charge in [0.15, 0.2) is 0 Å². The van der Waals surface area contributed by atoms with Gasteiger partial charge in [0.2, 0.25) is 0 Å². The second-order valence-electron chi connectivity index (χ2n) is 4.77. The number of nitrogens with zero attached hydrogens (tertiary/aromatic N) is 3. The van der Waals surface area contributed by atoms with Crippen LogP contribution in [0, 0.1) is 12.8 Å². The maximum atomic E-state index is 12.1. The minimum Gasteiger partial charge on any atom is -0.481 e. The average Bonchev–Trinajstić information content (AvgIpc) is 2.71. The number of hydrogen-bond donors (Lipinski definition) is 1. The van der Waals surface area contributed by atoms with Crippen molar-refractivity contribution in [3.63, 3.8) is 0 Å². The number of hydrogen-bond acceptors (Lipinski definition) is 3. The summed E-state index contributed by atoms with van der Waals surface area (Å²) >= 11 is 0. The van der Waals surface area contributed by atoms with E-state index in [9.17, 15) is 9.59 Å². The van der Waals surface area contributed by atoms with Crippen molar-refractivity contribution in [1.29, 1.82) is 0 Å². The van der Waals surface area contributed by atoms with Gasteiger partial charge in [-0.1, -0.05) is 6.07 Å². The van der Waals surface area contributed by atoms with E-state index in [0.29, 0.717) is 5.69 Å². The van der Waals surface area contributed by atoms with Crippen LogP contribution in [-0.2, 0) is 4.79 Å². The normalized spacial score (nSPS) is 15.5. The molecule has 2 aromatic heterocycles. The first-order valence-corrected chi connectivity index (χ1v) is 6.03. The van der Waals surface area contributed by atoms with Crippen LogP contribution in [0.15, 0.2) is 24.4 Å². The predicted octanol–water partition coefficient (Wildman–Crippen LogP) is 0.799. The van der Waals surface area contributed by atoms with Gasteiger partial charge in [0, 0.05) is 25.0 Å². The largest absolute Gasteiger partial charge is 0.481 e. The maximum absolute atomic E-state index is 12.1. The molecular weight excluding hydrogens is 246 g/mol. The second kappa shape index (κ2) is 4.08. The highest BCUT2D eigenvalue weighted by Gasteiger charge is 2.36. The molecule has 0 unspecified atom stereocenters. The number of carboxylic acids is 1. The van der Waals surface area contributed by atoms with Crippen LogP contribution in [0.2, 0.25) is 0 Å². The Bertz CT molecular complexity index is 671. The Morgan fingerprint density at radius 3 is 2.74 bits per heavy atom. The number of amides is 1. The second-order valence-corrected chi connectivity index (χ2v) is 4.77. The minimum absolute atomic E-state index is 0.208. The van der Waals surface area contributed by atoms with E-state index in [-0.39, 0.29) is 19.0 Å². The number of carboxylic acid groups (broad SMARTS) is 1. The number of aliphatic carboxylic acids is 1. The number of carbonyl (C=O) groups is 2. The highest BCUT2D eigenvalue weighted by Crippen LogP contribution is 2.19. The summed E-state index contributed by atoms with van der Waals surface area (Å²) in [5, 5.41) is 8.80. The fourth-order valence-electron chi connectivity index (χ4n) is 2.21. The number of aryl methyl sites for hydroxylation is 1. The van der Waals surface area contributed by atoms with Crippen molar-refractivity contribution in [2.75, 3.05) is 13.1 Å². The Hall–Kier alpha value is -2.37. The van der Waals surface area contributed by atoms with Gasteiger partial charge in [-0.2, -0.15) is 0 Å². The number of rotatable bonds is 2. The molecule has 1 fully saturated rings. The van der Waals surface area contributed by atoms with Crippen molar-refractivity contribution >= 4 is 17.5 Å². The molecule has 98 valence electrons. The molecular formula is C13H13N3O3. The van der Waals surface area contributed by atoms with Gasteiger partial charge >= 0.3 is 5.97 Å². The summed E-state index contributed by atoms with van der Waals surface area (Å²) in [6, 6.07) is 5.66. The van der Waals surface area contributed by atoms with E-state index < -0.39 is 11.9 Å². The van der Waals surface area contributed by atoms with E-state index in [1.165, 1.54) is 4.90 Å². The molecule has 0 atom stereocenters. The third-order valence-corrected chi connectivity index (χ3v) is 3.43. The zero-order chi connectivity index (χ0) is 13.6. The lowest BCUT2D eigenvalue weighted by Crippen LogP contribution is -2.53. The smallest absolute Gasteiger partial charge is 0.310 e. The summed E-state index contributed by atoms with van der Waals surface area (Å²) in [7, 11) is 0. The monoisotopic (exact) mass is 259 g/mol. The molecule has 0 saturated carbocycles. The molecule has 0 spiro atoms. The standard InChI is InChI=1S/C13H13N3O3/c1-8-3-2-4-11-14-10(7-16(8)11)12(17)15-5-9(6-15)13(18)19/h2-4,7,9H,5-6H2,1H3,(H,18,19). The van der Waals surface area contributed by atoms with Gasteiger partial charge in [-0.15, -0.1) is 0 Å². The predicted molar refractivity (Wildman–Crippen MR) is 67.0 cm³/mol. The van der Waals surface area contributed by atoms with Crippen molar-refractivity contribution in [3.8, 4) is 0 Å². The van der Waals surface area contributed by atoms with Gasteiger partial charge < -0.3 is 14.4 Å². The third-order valence-electron chi connectivity index (χ3n) is 3.43. The van der Waals surface area contributed by atoms with E-state index >= 15 is 0 Å². The van der Waals surface area contributed by atoms with Crippen LogP contribution in [0.3, 0.4) is 0 Å². The fourth-order valence-corrected chi connectivity index (χ4v) is 2.21. The molecule has 0 aromatic carbocycles. The van der Waals surface area contributed by atoms with E-state index in [1.54, 1.807) is 6.20 Å². The van der Waals surface area contributed by atoms with Gasteiger partial charge in [-0.05, 0) is 19.1 Å². The Balaban J connectivity index is 1.83. The molecule has 3 rings (SSSR count). The SMILES string of the molecule is Cc1cccc2nc(C(=O)N3CC(C(=O)O)C3)cn12. The number of imidazole rings is 1. The summed E-state index contributed by atoms with van der Waals surface area (Å²) in [4.78, 5) is 28.6. The number of pyridine rings is 1. The topological polar surface area (TPSA) is 74.9 Å². The molecule has 6 nitrogen and oxygen atoms in total. The van der Waals surface area contributed by atoms with Crippen LogP contribution in [0.5, 0.6) is 0 Å². The molecule has 1 N–H and O–H groups in total. The Morgan fingerprint density at radius 1 is 1.37 bits per heavy atom. The number of likely N-dealkylation sites (tertiary alicyclic amines) is 1. The van der Waals surface area contributed by atoms with E-state index in [1.807, 2.05) is 29.5 Å². The minimum atomic E-state index is -0.852. The van der Waals surface area contributed by atoms with E-state index in [0.717, 1.165) is 11.3 Å². The van der Waals surface area contributed by atoms with Crippen molar-refractivity contribution in [3.05, 3.63) is 35.8 Å². The summed E-state index contributed by atoms with van der Waals surface area (Å²) in [5.41, 5.74) is 2.08. The van der Waals surface area contributed by atoms with Crippen LogP contribution in [-0.4, -0.2) is 44.4 Å². The van der Waals surface area contributed by atoms with Crippen LogP contribution in [0.4, 0.5) is 0 Å². The summed E-state index contributed by atoms with van der Waals surface area (Å²) in [6.07, 6.45) is 1.70. The Labute approximate surface area is 109 Å². The van der Waals surface area contributed by atoms with E-state index in [4.69, 9.17) is 5.11 Å². The molecule has 0 aliphatic carbocycles. The van der Waals surface area contributed by atoms with Crippen LogP contribution < -0.4 is 0 Å². The van der Waals surface area contributed by atoms with Gasteiger partial charge in [0.05, 0.1) is 5.92 Å². The first-order valence-electron chi connectivity index (χ1n) is 6.03. The summed E-state index contributed by atoms with van der Waals surface area (Å²) in [5.74, 6) is -1.50. The molecule has 0 bridgehead atoms. The van der Waals surface area contributed by atoms with Crippen LogP contribution >= 0.6 is 0 Å². The van der Waals surface area contributed by atoms with Gasteiger partial charge in [-0.25, -0.2) is 4.98 Å². The summed E-state index contributed by atoms with van der Waals surface area (Å²) < 4.78 is 1.85. The Morgan fingerprint density at radius 2 is 2.11 bits per heavy atom. The molecule has 0 radical (unpaired) electrons. The molecule has 1 saturated heterocycles. The molecule has 2 aromatic rings. The van der Waals surface area contributed by atoms with Gasteiger partial charge in [-0.3, -0.25) is 9.59 Å². The van der Waals surface area contributed by atoms with Gasteiger partial charge in [0.25, 0.3) is 5.91 Å². The number of aromatic nitrogens is 2. The highest BCUT2D eigenvalue weighted by molar-refractivity contribution is 5.94. The maximum Gasteiger partial charge on any atom is 0.310 e. The van der Waals surface area contributed by atoms with Crippen LogP contribution in [0.25, 0.3) is 5.65 Å². The molecule has 1 aliphatic rings. The van der Waals surface area contributed by atoms with Crippen molar-refractivity contribution in [2.45, 2.75) is 6.92 Å². The number of carbonyl (C=O) groups excluding carboxylic acids is 1. The first-order chi connectivity index (χ1) is 9.06. The first kappa shape index (κ1) is 11.7. The number of fused-ring (bicyclic) bond motifs is 1. The fraction of sp³-hybridized carbons (Fsp3) is 0.308. The molecule has 1 amide bonds. The molecule has 19 heavy (non-hydrogen) atoms.